The van der Waals surface area contributed by atoms with Crippen LogP contribution in [0.3, 0.4) is 0 Å². The predicted octanol–water partition coefficient (Wildman–Crippen LogP) is 2.73. The van der Waals surface area contributed by atoms with Gasteiger partial charge in [-0.3, -0.25) is 0 Å². The summed E-state index contributed by atoms with van der Waals surface area (Å²) in [5.74, 6) is -0.184. The number of hydrogen-bond donors (Lipinski definition) is 2. The van der Waals surface area contributed by atoms with Crippen LogP contribution in [0.1, 0.15) is 26.3 Å². The van der Waals surface area contributed by atoms with Gasteiger partial charge < -0.3 is 10.2 Å². The molecule has 98 valence electrons. The molecule has 0 atom stereocenters. The molecule has 0 aliphatic heterocycles. The number of carboxylic acids is 2. The van der Waals surface area contributed by atoms with Crippen molar-refractivity contribution in [1.29, 1.82) is 0 Å². The molecule has 0 heterocycles. The second-order valence-electron chi connectivity index (χ2n) is 4.10. The monoisotopic (exact) mass is 266 g/mol. The van der Waals surface area contributed by atoms with Gasteiger partial charge in [-0.1, -0.05) is 24.1 Å². The third-order valence-electron chi connectivity index (χ3n) is 2.77. The van der Waals surface area contributed by atoms with Crippen LogP contribution in [0.5, 0.6) is 0 Å². The molecule has 0 aromatic heterocycles. The fourth-order valence-corrected chi connectivity index (χ4v) is 1.66. The van der Waals surface area contributed by atoms with Crippen LogP contribution in [0, 0.1) is 12.3 Å². The molecule has 4 heteroatoms. The van der Waals surface area contributed by atoms with Crippen LogP contribution in [-0.4, -0.2) is 22.2 Å². The highest BCUT2D eigenvalue weighted by atomic mass is 16.4. The Kier molecular flexibility index (Phi) is 3.54. The maximum atomic E-state index is 10.6. The average Bonchev–Trinajstić information content (AvgIpc) is 3.04. The smallest absolute Gasteiger partial charge is 0.336 e. The first-order chi connectivity index (χ1) is 9.52. The zero-order chi connectivity index (χ0) is 14.7. The second kappa shape index (κ2) is 5.29. The topological polar surface area (TPSA) is 74.6 Å². The highest BCUT2D eigenvalue weighted by Gasteiger charge is 2.11. The van der Waals surface area contributed by atoms with Crippen LogP contribution in [-0.2, 0) is 0 Å². The quantitative estimate of drug-likeness (QED) is 0.699. The minimum Gasteiger partial charge on any atom is -0.478 e. The normalized spacial score (nSPS) is 9.75. The number of carbonyl (C=O) groups is 2. The van der Waals surface area contributed by atoms with Gasteiger partial charge in [0, 0.05) is 5.56 Å². The van der Waals surface area contributed by atoms with Crippen molar-refractivity contribution in [3.63, 3.8) is 0 Å². The Morgan fingerprint density at radius 3 is 1.95 bits per heavy atom. The van der Waals surface area contributed by atoms with Crippen LogP contribution >= 0.6 is 0 Å². The second-order valence-corrected chi connectivity index (χ2v) is 4.10. The average molecular weight is 266 g/mol. The summed E-state index contributed by atoms with van der Waals surface area (Å²) in [5.41, 5.74) is 2.82. The first kappa shape index (κ1) is 13.4. The SMILES string of the molecule is C#Cc1cc(C(=O)O)ccc1C(=O)O.c1cc2cc-2c1. The molecule has 2 aliphatic rings. The van der Waals surface area contributed by atoms with Crippen molar-refractivity contribution in [2.24, 2.45) is 0 Å². The van der Waals surface area contributed by atoms with Gasteiger partial charge >= 0.3 is 11.9 Å². The van der Waals surface area contributed by atoms with Crippen molar-refractivity contribution in [2.75, 3.05) is 0 Å². The molecule has 0 saturated heterocycles. The molecule has 0 fully saturated rings. The summed E-state index contributed by atoms with van der Waals surface area (Å²) in [7, 11) is 0. The molecule has 0 bridgehead atoms. The van der Waals surface area contributed by atoms with Crippen molar-refractivity contribution in [3.05, 3.63) is 59.2 Å². The van der Waals surface area contributed by atoms with Gasteiger partial charge in [-0.25, -0.2) is 9.59 Å². The lowest BCUT2D eigenvalue weighted by Crippen LogP contribution is -2.03. The Bertz CT molecular complexity index is 721. The molecule has 2 aliphatic carbocycles. The molecular formula is C16H10O4. The van der Waals surface area contributed by atoms with Crippen LogP contribution in [0.2, 0.25) is 0 Å². The van der Waals surface area contributed by atoms with E-state index >= 15 is 0 Å². The van der Waals surface area contributed by atoms with E-state index in [4.69, 9.17) is 16.6 Å². The third kappa shape index (κ3) is 2.85. The van der Waals surface area contributed by atoms with Gasteiger partial charge in [0.25, 0.3) is 0 Å². The summed E-state index contributed by atoms with van der Waals surface area (Å²) < 4.78 is 0. The molecule has 0 radical (unpaired) electrons. The Balaban J connectivity index is 0.000000198. The molecular weight excluding hydrogens is 256 g/mol. The third-order valence-corrected chi connectivity index (χ3v) is 2.77. The van der Waals surface area contributed by atoms with Gasteiger partial charge in [0.15, 0.2) is 0 Å². The van der Waals surface area contributed by atoms with Crippen LogP contribution in [0.25, 0.3) is 11.1 Å². The number of hydrogen-bond acceptors (Lipinski definition) is 2. The molecule has 0 saturated carbocycles. The maximum absolute atomic E-state index is 10.6. The fourth-order valence-electron chi connectivity index (χ4n) is 1.66. The minimum absolute atomic E-state index is 0.0250. The van der Waals surface area contributed by atoms with Gasteiger partial charge in [-0.15, -0.1) is 6.42 Å². The molecule has 4 nitrogen and oxygen atoms in total. The largest absolute Gasteiger partial charge is 0.478 e. The Morgan fingerprint density at radius 1 is 0.950 bits per heavy atom. The number of rotatable bonds is 2. The first-order valence-electron chi connectivity index (χ1n) is 5.70. The molecule has 3 rings (SSSR count). The van der Waals surface area contributed by atoms with E-state index in [1.807, 2.05) is 0 Å². The molecule has 1 aromatic carbocycles. The highest BCUT2D eigenvalue weighted by molar-refractivity contribution is 5.94. The number of benzene rings is 2. The summed E-state index contributed by atoms with van der Waals surface area (Å²) in [5, 5.41) is 17.3. The van der Waals surface area contributed by atoms with Gasteiger partial charge in [-0.05, 0) is 35.4 Å². The van der Waals surface area contributed by atoms with Crippen molar-refractivity contribution < 1.29 is 19.8 Å². The van der Waals surface area contributed by atoms with Gasteiger partial charge in [0.1, 0.15) is 0 Å². The summed E-state index contributed by atoms with van der Waals surface area (Å²) in [6, 6.07) is 12.0. The summed E-state index contributed by atoms with van der Waals surface area (Å²) >= 11 is 0. The van der Waals surface area contributed by atoms with E-state index in [1.165, 1.54) is 23.3 Å². The summed E-state index contributed by atoms with van der Waals surface area (Å²) in [6.45, 7) is 0. The fraction of sp³-hybridized carbons (Fsp3) is 0. The minimum atomic E-state index is -1.17. The van der Waals surface area contributed by atoms with Crippen molar-refractivity contribution >= 4 is 11.9 Å². The van der Waals surface area contributed by atoms with E-state index < -0.39 is 11.9 Å². The zero-order valence-electron chi connectivity index (χ0n) is 10.3. The first-order valence-corrected chi connectivity index (χ1v) is 5.70. The maximum Gasteiger partial charge on any atom is 0.336 e. The van der Waals surface area contributed by atoms with E-state index in [0.717, 1.165) is 6.07 Å². The van der Waals surface area contributed by atoms with Crippen molar-refractivity contribution in [1.82, 2.24) is 0 Å². The zero-order valence-corrected chi connectivity index (χ0v) is 10.3. The Morgan fingerprint density at radius 2 is 1.60 bits per heavy atom. The lowest BCUT2D eigenvalue weighted by atomic mass is 10.0. The van der Waals surface area contributed by atoms with E-state index in [0.29, 0.717) is 0 Å². The van der Waals surface area contributed by atoms with Crippen molar-refractivity contribution in [3.8, 4) is 23.5 Å². The highest BCUT2D eigenvalue weighted by Crippen LogP contribution is 2.32. The van der Waals surface area contributed by atoms with Gasteiger partial charge in [0.2, 0.25) is 0 Å². The molecule has 0 spiro atoms. The van der Waals surface area contributed by atoms with Crippen LogP contribution in [0.15, 0.2) is 42.5 Å². The lowest BCUT2D eigenvalue weighted by molar-refractivity contribution is 0.0681. The molecule has 0 amide bonds. The molecule has 1 aromatic rings. The molecule has 0 unspecified atom stereocenters. The Labute approximate surface area is 115 Å². The number of carboxylic acid groups (broad SMARTS) is 2. The van der Waals surface area contributed by atoms with Gasteiger partial charge in [0.05, 0.1) is 11.1 Å². The molecule has 20 heavy (non-hydrogen) atoms. The summed E-state index contributed by atoms with van der Waals surface area (Å²) in [6.07, 6.45) is 5.05. The van der Waals surface area contributed by atoms with Crippen LogP contribution < -0.4 is 0 Å². The van der Waals surface area contributed by atoms with Crippen molar-refractivity contribution in [2.45, 2.75) is 0 Å². The number of terminal acetylenes is 1. The standard InChI is InChI=1S/C10H6O4.C6H4/c1-2-6-5-7(9(11)12)3-4-8(6)10(13)14;1-2-5-4-6(5)3-1/h1,3-5H,(H,11,12)(H,13,14);1-4H. The predicted molar refractivity (Wildman–Crippen MR) is 73.7 cm³/mol. The van der Waals surface area contributed by atoms with E-state index in [2.05, 4.69) is 30.2 Å². The van der Waals surface area contributed by atoms with Crippen LogP contribution in [0.4, 0.5) is 0 Å². The number of fused-ring (bicyclic) bond motifs is 1. The van der Waals surface area contributed by atoms with Gasteiger partial charge in [-0.2, -0.15) is 0 Å². The lowest BCUT2D eigenvalue weighted by Gasteiger charge is -2.00. The van der Waals surface area contributed by atoms with E-state index in [1.54, 1.807) is 0 Å². The van der Waals surface area contributed by atoms with E-state index in [9.17, 15) is 9.59 Å². The van der Waals surface area contributed by atoms with E-state index in [-0.39, 0.29) is 16.7 Å². The Hall–Kier alpha value is -3.06. The molecule has 2 N–H and O–H groups in total. The summed E-state index contributed by atoms with van der Waals surface area (Å²) in [4.78, 5) is 21.2. The number of aromatic carboxylic acids is 2.